The van der Waals surface area contributed by atoms with E-state index in [0.717, 1.165) is 29.3 Å². The fourth-order valence-electron chi connectivity index (χ4n) is 2.35. The number of azo groups is 1. The Morgan fingerprint density at radius 2 is 1.84 bits per heavy atom. The molecular formula is C16H15F3N6. The molecule has 0 aliphatic heterocycles. The average molecular weight is 348 g/mol. The molecule has 6 nitrogen and oxygen atoms in total. The van der Waals surface area contributed by atoms with Crippen LogP contribution in [0.15, 0.2) is 40.7 Å². The molecule has 0 fully saturated rings. The van der Waals surface area contributed by atoms with E-state index in [-0.39, 0.29) is 5.82 Å². The number of alkyl halides is 3. The first-order valence-corrected chi connectivity index (χ1v) is 7.37. The second-order valence-corrected chi connectivity index (χ2v) is 5.65. The summed E-state index contributed by atoms with van der Waals surface area (Å²) in [6, 6.07) is 5.72. The monoisotopic (exact) mass is 348 g/mol. The summed E-state index contributed by atoms with van der Waals surface area (Å²) in [5.41, 5.74) is 2.08. The first-order chi connectivity index (χ1) is 11.8. The number of imidazole rings is 1. The maximum absolute atomic E-state index is 12.5. The molecule has 1 N–H and O–H groups in total. The van der Waals surface area contributed by atoms with Crippen LogP contribution in [0.2, 0.25) is 0 Å². The fraction of sp³-hybridized carbons (Fsp3) is 0.250. The van der Waals surface area contributed by atoms with Crippen molar-refractivity contribution in [1.82, 2.24) is 15.0 Å². The van der Waals surface area contributed by atoms with Crippen LogP contribution >= 0.6 is 0 Å². The molecule has 2 aromatic heterocycles. The second-order valence-electron chi connectivity index (χ2n) is 5.65. The van der Waals surface area contributed by atoms with Gasteiger partial charge in [0.25, 0.3) is 0 Å². The average Bonchev–Trinajstić information content (AvgIpc) is 2.93. The van der Waals surface area contributed by atoms with Gasteiger partial charge in [-0.05, 0) is 31.2 Å². The molecule has 0 saturated heterocycles. The Morgan fingerprint density at radius 3 is 2.44 bits per heavy atom. The molecule has 1 aromatic carbocycles. The Morgan fingerprint density at radius 1 is 1.08 bits per heavy atom. The van der Waals surface area contributed by atoms with Gasteiger partial charge in [-0.25, -0.2) is 9.97 Å². The third-order valence-electron chi connectivity index (χ3n) is 3.54. The zero-order chi connectivity index (χ0) is 18.2. The Hall–Kier alpha value is -2.97. The summed E-state index contributed by atoms with van der Waals surface area (Å²) in [7, 11) is 3.83. The number of rotatable bonds is 3. The Kier molecular flexibility index (Phi) is 4.15. The van der Waals surface area contributed by atoms with Crippen LogP contribution in [0.4, 0.5) is 30.4 Å². The Bertz CT molecular complexity index is 925. The van der Waals surface area contributed by atoms with E-state index in [1.165, 1.54) is 6.07 Å². The molecule has 2 heterocycles. The summed E-state index contributed by atoms with van der Waals surface area (Å²) < 4.78 is 37.6. The van der Waals surface area contributed by atoms with Crippen LogP contribution < -0.4 is 4.90 Å². The quantitative estimate of drug-likeness (QED) is 0.693. The molecule has 0 aliphatic rings. The summed E-state index contributed by atoms with van der Waals surface area (Å²) >= 11 is 0. The molecule has 0 aliphatic carbocycles. The minimum Gasteiger partial charge on any atom is -0.376 e. The molecule has 0 bridgehead atoms. The van der Waals surface area contributed by atoms with Crippen molar-refractivity contribution in [3.05, 3.63) is 41.9 Å². The minimum absolute atomic E-state index is 0.0880. The number of anilines is 1. The molecule has 0 radical (unpaired) electrons. The number of nitrogens with one attached hydrogen (secondary N) is 1. The van der Waals surface area contributed by atoms with E-state index in [1.54, 1.807) is 6.07 Å². The Balaban J connectivity index is 1.95. The van der Waals surface area contributed by atoms with Crippen molar-refractivity contribution in [2.24, 2.45) is 10.2 Å². The van der Waals surface area contributed by atoms with Gasteiger partial charge >= 0.3 is 6.18 Å². The van der Waals surface area contributed by atoms with Gasteiger partial charge < -0.3 is 9.88 Å². The molecule has 0 saturated carbocycles. The largest absolute Gasteiger partial charge is 0.417 e. The van der Waals surface area contributed by atoms with E-state index in [4.69, 9.17) is 0 Å². The number of aryl methyl sites for hydroxylation is 1. The standard InChI is InChI=1S/C16H15F3N6/c1-9-21-14-11(5-6-12(25(2)3)15(14)22-9)23-24-13-7-4-10(8-20-13)16(17,18)19/h4-8H,1-3H3,(H,21,22). The van der Waals surface area contributed by atoms with Gasteiger partial charge in [0.1, 0.15) is 17.0 Å². The summed E-state index contributed by atoms with van der Waals surface area (Å²) in [5, 5.41) is 8.00. The number of hydrogen-bond acceptors (Lipinski definition) is 5. The van der Waals surface area contributed by atoms with E-state index < -0.39 is 11.7 Å². The van der Waals surface area contributed by atoms with Crippen molar-refractivity contribution in [3.63, 3.8) is 0 Å². The summed E-state index contributed by atoms with van der Waals surface area (Å²) in [4.78, 5) is 13.2. The number of aromatic nitrogens is 3. The highest BCUT2D eigenvalue weighted by Crippen LogP contribution is 2.33. The van der Waals surface area contributed by atoms with E-state index in [9.17, 15) is 13.2 Å². The van der Waals surface area contributed by atoms with Crippen molar-refractivity contribution < 1.29 is 13.2 Å². The van der Waals surface area contributed by atoms with Gasteiger partial charge in [0.05, 0.1) is 16.8 Å². The number of fused-ring (bicyclic) bond motifs is 1. The van der Waals surface area contributed by atoms with E-state index in [1.807, 2.05) is 32.0 Å². The molecule has 130 valence electrons. The normalized spacial score (nSPS) is 12.2. The smallest absolute Gasteiger partial charge is 0.376 e. The molecule has 3 rings (SSSR count). The van der Waals surface area contributed by atoms with Crippen molar-refractivity contribution in [1.29, 1.82) is 0 Å². The topological polar surface area (TPSA) is 69.5 Å². The number of aromatic amines is 1. The van der Waals surface area contributed by atoms with Crippen LogP contribution in [0.25, 0.3) is 11.0 Å². The SMILES string of the molecule is Cc1nc2c(N=Nc3ccc(C(F)(F)F)cn3)ccc(N(C)C)c2[nH]1. The molecule has 25 heavy (non-hydrogen) atoms. The summed E-state index contributed by atoms with van der Waals surface area (Å²) in [6.07, 6.45) is -3.69. The van der Waals surface area contributed by atoms with Crippen LogP contribution in [-0.4, -0.2) is 29.0 Å². The third-order valence-corrected chi connectivity index (χ3v) is 3.54. The van der Waals surface area contributed by atoms with Crippen molar-refractivity contribution >= 4 is 28.2 Å². The van der Waals surface area contributed by atoms with Crippen LogP contribution in [0, 0.1) is 6.92 Å². The molecule has 3 aromatic rings. The highest BCUT2D eigenvalue weighted by molar-refractivity contribution is 5.96. The molecular weight excluding hydrogens is 333 g/mol. The zero-order valence-corrected chi connectivity index (χ0v) is 13.8. The number of pyridine rings is 1. The number of hydrogen-bond donors (Lipinski definition) is 1. The predicted molar refractivity (Wildman–Crippen MR) is 88.6 cm³/mol. The van der Waals surface area contributed by atoms with Crippen LogP contribution in [0.1, 0.15) is 11.4 Å². The van der Waals surface area contributed by atoms with Crippen LogP contribution in [-0.2, 0) is 6.18 Å². The molecule has 0 unspecified atom stereocenters. The maximum atomic E-state index is 12.5. The summed E-state index contributed by atoms with van der Waals surface area (Å²) in [6.45, 7) is 1.83. The lowest BCUT2D eigenvalue weighted by molar-refractivity contribution is -0.137. The van der Waals surface area contributed by atoms with Gasteiger partial charge in [-0.3, -0.25) is 0 Å². The highest BCUT2D eigenvalue weighted by atomic mass is 19.4. The molecule has 0 spiro atoms. The maximum Gasteiger partial charge on any atom is 0.417 e. The zero-order valence-electron chi connectivity index (χ0n) is 13.8. The number of benzene rings is 1. The third kappa shape index (κ3) is 3.44. The highest BCUT2D eigenvalue weighted by Gasteiger charge is 2.30. The number of H-pyrrole nitrogens is 1. The van der Waals surface area contributed by atoms with Gasteiger partial charge in [0.2, 0.25) is 0 Å². The first kappa shape index (κ1) is 16.9. The molecule has 0 amide bonds. The van der Waals surface area contributed by atoms with Gasteiger partial charge in [0, 0.05) is 20.3 Å². The number of halogens is 3. The van der Waals surface area contributed by atoms with Crippen molar-refractivity contribution in [2.45, 2.75) is 13.1 Å². The van der Waals surface area contributed by atoms with Gasteiger partial charge in [-0.1, -0.05) is 0 Å². The van der Waals surface area contributed by atoms with Gasteiger partial charge in [-0.2, -0.15) is 13.2 Å². The lowest BCUT2D eigenvalue weighted by Crippen LogP contribution is -2.08. The van der Waals surface area contributed by atoms with E-state index >= 15 is 0 Å². The Labute approximate surface area is 141 Å². The van der Waals surface area contributed by atoms with Crippen LogP contribution in [0.5, 0.6) is 0 Å². The lowest BCUT2D eigenvalue weighted by atomic mass is 10.2. The van der Waals surface area contributed by atoms with Crippen molar-refractivity contribution in [3.8, 4) is 0 Å². The predicted octanol–water partition coefficient (Wildman–Crippen LogP) is 4.77. The lowest BCUT2D eigenvalue weighted by Gasteiger charge is -2.13. The van der Waals surface area contributed by atoms with Gasteiger partial charge in [0.15, 0.2) is 5.82 Å². The second kappa shape index (κ2) is 6.15. The summed E-state index contributed by atoms with van der Waals surface area (Å²) in [5.74, 6) is 0.818. The van der Waals surface area contributed by atoms with Crippen molar-refractivity contribution in [2.75, 3.05) is 19.0 Å². The molecule has 9 heteroatoms. The van der Waals surface area contributed by atoms with Gasteiger partial charge in [-0.15, -0.1) is 10.2 Å². The minimum atomic E-state index is -4.43. The fourth-order valence-corrected chi connectivity index (χ4v) is 2.35. The van der Waals surface area contributed by atoms with E-state index in [0.29, 0.717) is 11.2 Å². The van der Waals surface area contributed by atoms with Crippen LogP contribution in [0.3, 0.4) is 0 Å². The van der Waals surface area contributed by atoms with E-state index in [2.05, 4.69) is 25.2 Å². The molecule has 0 atom stereocenters. The first-order valence-electron chi connectivity index (χ1n) is 7.37. The number of nitrogens with zero attached hydrogens (tertiary/aromatic N) is 5.